The number of rotatable bonds is 6. The zero-order valence-electron chi connectivity index (χ0n) is 14.3. The molecule has 2 aromatic rings. The molecule has 2 aromatic carbocycles. The van der Waals surface area contributed by atoms with Gasteiger partial charge < -0.3 is 0 Å². The summed E-state index contributed by atoms with van der Waals surface area (Å²) in [7, 11) is -3.66. The highest BCUT2D eigenvalue weighted by atomic mass is 32.2. The van der Waals surface area contributed by atoms with Crippen LogP contribution in [0.5, 0.6) is 0 Å². The molecule has 1 N–H and O–H groups in total. The quantitative estimate of drug-likeness (QED) is 0.858. The molecule has 4 nitrogen and oxygen atoms in total. The molecule has 1 aliphatic heterocycles. The van der Waals surface area contributed by atoms with Crippen molar-refractivity contribution in [2.75, 3.05) is 13.1 Å². The molecule has 0 spiro atoms. The lowest BCUT2D eigenvalue weighted by atomic mass is 10.1. The summed E-state index contributed by atoms with van der Waals surface area (Å²) in [5.74, 6) is -0.409. The molecule has 0 aromatic heterocycles. The number of aryl methyl sites for hydroxylation is 1. The largest absolute Gasteiger partial charge is 0.299 e. The third-order valence-electron chi connectivity index (χ3n) is 4.50. The topological polar surface area (TPSA) is 49.4 Å². The van der Waals surface area contributed by atoms with Gasteiger partial charge in [-0.1, -0.05) is 24.3 Å². The van der Waals surface area contributed by atoms with Gasteiger partial charge in [0.15, 0.2) is 0 Å². The maximum absolute atomic E-state index is 13.3. The molecule has 0 bridgehead atoms. The maximum Gasteiger partial charge on any atom is 0.240 e. The van der Waals surface area contributed by atoms with Crippen molar-refractivity contribution in [2.45, 2.75) is 37.8 Å². The lowest BCUT2D eigenvalue weighted by Gasteiger charge is -2.15. The van der Waals surface area contributed by atoms with Gasteiger partial charge in [0.25, 0.3) is 0 Å². The maximum atomic E-state index is 13.3. The van der Waals surface area contributed by atoms with Crippen LogP contribution in [0.2, 0.25) is 0 Å². The number of nitrogens with one attached hydrogen (secondary N) is 1. The highest BCUT2D eigenvalue weighted by Gasteiger charge is 2.16. The van der Waals surface area contributed by atoms with Crippen LogP contribution in [0.1, 0.15) is 29.5 Å². The van der Waals surface area contributed by atoms with Gasteiger partial charge in [-0.2, -0.15) is 0 Å². The fraction of sp³-hybridized carbons (Fsp3) is 0.368. The van der Waals surface area contributed by atoms with Crippen LogP contribution in [0.15, 0.2) is 47.4 Å². The smallest absolute Gasteiger partial charge is 0.240 e. The van der Waals surface area contributed by atoms with Crippen LogP contribution >= 0.6 is 0 Å². The van der Waals surface area contributed by atoms with Crippen molar-refractivity contribution in [3.05, 3.63) is 65.0 Å². The molecule has 134 valence electrons. The van der Waals surface area contributed by atoms with E-state index in [1.165, 1.54) is 36.6 Å². The van der Waals surface area contributed by atoms with Gasteiger partial charge in [0, 0.05) is 13.1 Å². The third kappa shape index (κ3) is 4.66. The van der Waals surface area contributed by atoms with Crippen LogP contribution in [0.3, 0.4) is 0 Å². The minimum atomic E-state index is -3.66. The predicted octanol–water partition coefficient (Wildman–Crippen LogP) is 3.21. The molecule has 1 fully saturated rings. The zero-order valence-corrected chi connectivity index (χ0v) is 15.2. The number of nitrogens with zero attached hydrogens (tertiary/aromatic N) is 1. The van der Waals surface area contributed by atoms with E-state index in [0.717, 1.165) is 25.2 Å². The van der Waals surface area contributed by atoms with Crippen LogP contribution < -0.4 is 4.72 Å². The van der Waals surface area contributed by atoms with Gasteiger partial charge in [-0.05, 0) is 67.7 Å². The SMILES string of the molecule is Cc1cc(S(=O)(=O)NCc2cccc(CN3CCCC3)c2)ccc1F. The van der Waals surface area contributed by atoms with Crippen molar-refractivity contribution < 1.29 is 12.8 Å². The van der Waals surface area contributed by atoms with E-state index < -0.39 is 15.8 Å². The molecule has 0 atom stereocenters. The summed E-state index contributed by atoms with van der Waals surface area (Å²) in [6, 6.07) is 11.8. The van der Waals surface area contributed by atoms with Crippen LogP contribution in [0.25, 0.3) is 0 Å². The summed E-state index contributed by atoms with van der Waals surface area (Å²) in [4.78, 5) is 2.49. The van der Waals surface area contributed by atoms with Gasteiger partial charge in [0.1, 0.15) is 5.82 Å². The van der Waals surface area contributed by atoms with Gasteiger partial charge in [-0.3, -0.25) is 4.90 Å². The first kappa shape index (κ1) is 18.0. The van der Waals surface area contributed by atoms with E-state index in [2.05, 4.69) is 15.7 Å². The molecule has 0 aliphatic carbocycles. The second-order valence-electron chi connectivity index (χ2n) is 6.54. The Kier molecular flexibility index (Phi) is 5.51. The van der Waals surface area contributed by atoms with E-state index >= 15 is 0 Å². The number of benzene rings is 2. The minimum absolute atomic E-state index is 0.0830. The average Bonchev–Trinajstić information content (AvgIpc) is 3.09. The third-order valence-corrected chi connectivity index (χ3v) is 5.90. The monoisotopic (exact) mass is 362 g/mol. The Morgan fingerprint density at radius 2 is 1.80 bits per heavy atom. The van der Waals surface area contributed by atoms with Crippen LogP contribution in [-0.4, -0.2) is 26.4 Å². The fourth-order valence-electron chi connectivity index (χ4n) is 3.08. The predicted molar refractivity (Wildman–Crippen MR) is 96.1 cm³/mol. The van der Waals surface area contributed by atoms with Crippen molar-refractivity contribution in [3.63, 3.8) is 0 Å². The lowest BCUT2D eigenvalue weighted by molar-refractivity contribution is 0.331. The number of halogens is 1. The van der Waals surface area contributed by atoms with Gasteiger partial charge >= 0.3 is 0 Å². The Morgan fingerprint density at radius 3 is 2.52 bits per heavy atom. The van der Waals surface area contributed by atoms with Gasteiger partial charge in [-0.15, -0.1) is 0 Å². The first-order chi connectivity index (χ1) is 11.9. The van der Waals surface area contributed by atoms with E-state index in [-0.39, 0.29) is 11.4 Å². The average molecular weight is 362 g/mol. The van der Waals surface area contributed by atoms with Crippen LogP contribution in [0, 0.1) is 12.7 Å². The summed E-state index contributed by atoms with van der Waals surface area (Å²) in [6.07, 6.45) is 2.49. The number of sulfonamides is 1. The zero-order chi connectivity index (χ0) is 17.9. The molecular formula is C19H23FN2O2S. The summed E-state index contributed by atoms with van der Waals surface area (Å²) in [6.45, 7) is 4.92. The Balaban J connectivity index is 1.66. The number of likely N-dealkylation sites (tertiary alicyclic amines) is 1. The molecule has 25 heavy (non-hydrogen) atoms. The molecule has 0 amide bonds. The molecule has 0 radical (unpaired) electrons. The second-order valence-corrected chi connectivity index (χ2v) is 8.31. The standard InChI is InChI=1S/C19H23FN2O2S/c1-15-11-18(7-8-19(15)20)25(23,24)21-13-16-5-4-6-17(12-16)14-22-9-2-3-10-22/h4-8,11-12,21H,2-3,9-10,13-14H2,1H3. The highest BCUT2D eigenvalue weighted by molar-refractivity contribution is 7.89. The summed E-state index contributed by atoms with van der Waals surface area (Å²) < 4.78 is 40.7. The first-order valence-corrected chi connectivity index (χ1v) is 9.98. The molecule has 1 heterocycles. The summed E-state index contributed by atoms with van der Waals surface area (Å²) >= 11 is 0. The summed E-state index contributed by atoms with van der Waals surface area (Å²) in [5, 5.41) is 0. The van der Waals surface area contributed by atoms with Crippen molar-refractivity contribution >= 4 is 10.0 Å². The Morgan fingerprint density at radius 1 is 1.08 bits per heavy atom. The van der Waals surface area contributed by atoms with E-state index in [0.29, 0.717) is 5.56 Å². The van der Waals surface area contributed by atoms with Crippen molar-refractivity contribution in [1.82, 2.24) is 9.62 Å². The van der Waals surface area contributed by atoms with Gasteiger partial charge in [0.05, 0.1) is 4.90 Å². The Bertz CT molecular complexity index is 846. The molecule has 0 unspecified atom stereocenters. The Labute approximate surface area is 148 Å². The van der Waals surface area contributed by atoms with Gasteiger partial charge in [0.2, 0.25) is 10.0 Å². The number of hydrogen-bond donors (Lipinski definition) is 1. The van der Waals surface area contributed by atoms with E-state index in [1.54, 1.807) is 6.92 Å². The molecule has 0 saturated carbocycles. The van der Waals surface area contributed by atoms with E-state index in [1.807, 2.05) is 18.2 Å². The number of hydrogen-bond acceptors (Lipinski definition) is 3. The van der Waals surface area contributed by atoms with Crippen LogP contribution in [0.4, 0.5) is 4.39 Å². The van der Waals surface area contributed by atoms with E-state index in [4.69, 9.17) is 0 Å². The van der Waals surface area contributed by atoms with Crippen LogP contribution in [-0.2, 0) is 23.1 Å². The van der Waals surface area contributed by atoms with Crippen molar-refractivity contribution in [2.24, 2.45) is 0 Å². The van der Waals surface area contributed by atoms with Crippen molar-refractivity contribution in [1.29, 1.82) is 0 Å². The molecule has 6 heteroatoms. The van der Waals surface area contributed by atoms with Crippen molar-refractivity contribution in [3.8, 4) is 0 Å². The first-order valence-electron chi connectivity index (χ1n) is 8.50. The lowest BCUT2D eigenvalue weighted by Crippen LogP contribution is -2.23. The normalized spacial score (nSPS) is 15.6. The molecule has 1 saturated heterocycles. The van der Waals surface area contributed by atoms with E-state index in [9.17, 15) is 12.8 Å². The highest BCUT2D eigenvalue weighted by Crippen LogP contribution is 2.16. The molecule has 3 rings (SSSR count). The molecule has 1 aliphatic rings. The summed E-state index contributed by atoms with van der Waals surface area (Å²) in [5.41, 5.74) is 2.42. The molecular weight excluding hydrogens is 339 g/mol. The second kappa shape index (κ2) is 7.64. The minimum Gasteiger partial charge on any atom is -0.299 e. The Hall–Kier alpha value is -1.76. The van der Waals surface area contributed by atoms with Gasteiger partial charge in [-0.25, -0.2) is 17.5 Å². The fourth-order valence-corrected chi connectivity index (χ4v) is 4.19.